The smallest absolute Gasteiger partial charge is 0.255 e. The Kier molecular flexibility index (Phi) is 4.66. The Morgan fingerprint density at radius 1 is 0.920 bits per heavy atom. The van der Waals surface area contributed by atoms with E-state index in [1.807, 2.05) is 13.0 Å². The van der Waals surface area contributed by atoms with Crippen LogP contribution in [0.3, 0.4) is 0 Å². The number of rotatable bonds is 4. The molecule has 1 aromatic heterocycles. The molecule has 3 aromatic rings. The van der Waals surface area contributed by atoms with Gasteiger partial charge >= 0.3 is 0 Å². The zero-order chi connectivity index (χ0) is 17.8. The van der Waals surface area contributed by atoms with Crippen LogP contribution in [0.5, 0.6) is 0 Å². The van der Waals surface area contributed by atoms with Crippen LogP contribution >= 0.6 is 0 Å². The van der Waals surface area contributed by atoms with Gasteiger partial charge in [-0.25, -0.2) is 4.39 Å². The SMILES string of the molecule is Cc1ccc(NC(=O)c2ccncc2)c(C(=O)c2ccc(F)cc2)c1. The van der Waals surface area contributed by atoms with Crippen LogP contribution in [0.25, 0.3) is 0 Å². The molecule has 0 atom stereocenters. The van der Waals surface area contributed by atoms with Gasteiger partial charge in [-0.2, -0.15) is 0 Å². The van der Waals surface area contributed by atoms with Crippen molar-refractivity contribution >= 4 is 17.4 Å². The molecule has 1 heterocycles. The predicted octanol–water partition coefficient (Wildman–Crippen LogP) is 4.01. The summed E-state index contributed by atoms with van der Waals surface area (Å²) >= 11 is 0. The molecule has 0 aliphatic heterocycles. The topological polar surface area (TPSA) is 59.1 Å². The van der Waals surface area contributed by atoms with Gasteiger partial charge in [-0.15, -0.1) is 0 Å². The van der Waals surface area contributed by atoms with Crippen molar-refractivity contribution in [3.05, 3.63) is 95.1 Å². The van der Waals surface area contributed by atoms with Crippen LogP contribution in [0.2, 0.25) is 0 Å². The first-order valence-corrected chi connectivity index (χ1v) is 7.67. The van der Waals surface area contributed by atoms with Crippen LogP contribution in [0.4, 0.5) is 10.1 Å². The third kappa shape index (κ3) is 3.77. The number of carbonyl (C=O) groups is 2. The van der Waals surface area contributed by atoms with Crippen molar-refractivity contribution in [1.82, 2.24) is 4.98 Å². The fourth-order valence-corrected chi connectivity index (χ4v) is 2.41. The summed E-state index contributed by atoms with van der Waals surface area (Å²) in [7, 11) is 0. The lowest BCUT2D eigenvalue weighted by atomic mass is 9.99. The van der Waals surface area contributed by atoms with Crippen molar-refractivity contribution in [1.29, 1.82) is 0 Å². The van der Waals surface area contributed by atoms with Crippen molar-refractivity contribution in [2.75, 3.05) is 5.32 Å². The number of hydrogen-bond acceptors (Lipinski definition) is 3. The Labute approximate surface area is 144 Å². The predicted molar refractivity (Wildman–Crippen MR) is 93.2 cm³/mol. The molecule has 124 valence electrons. The van der Waals surface area contributed by atoms with E-state index in [9.17, 15) is 14.0 Å². The molecule has 5 heteroatoms. The minimum absolute atomic E-state index is 0.284. The molecule has 0 saturated carbocycles. The van der Waals surface area contributed by atoms with Crippen LogP contribution in [-0.2, 0) is 0 Å². The largest absolute Gasteiger partial charge is 0.321 e. The summed E-state index contributed by atoms with van der Waals surface area (Å²) in [6.07, 6.45) is 3.04. The number of nitrogens with one attached hydrogen (secondary N) is 1. The number of amides is 1. The first-order chi connectivity index (χ1) is 12.0. The second-order valence-corrected chi connectivity index (χ2v) is 5.58. The van der Waals surface area contributed by atoms with E-state index >= 15 is 0 Å². The zero-order valence-corrected chi connectivity index (χ0v) is 13.5. The highest BCUT2D eigenvalue weighted by Crippen LogP contribution is 2.22. The summed E-state index contributed by atoms with van der Waals surface area (Å²) in [6.45, 7) is 1.86. The quantitative estimate of drug-likeness (QED) is 0.733. The molecule has 4 nitrogen and oxygen atoms in total. The van der Waals surface area contributed by atoms with Gasteiger partial charge in [0.15, 0.2) is 5.78 Å². The highest BCUT2D eigenvalue weighted by molar-refractivity contribution is 6.15. The van der Waals surface area contributed by atoms with Crippen molar-refractivity contribution < 1.29 is 14.0 Å². The number of benzene rings is 2. The first-order valence-electron chi connectivity index (χ1n) is 7.67. The zero-order valence-electron chi connectivity index (χ0n) is 13.5. The molecule has 0 radical (unpaired) electrons. The summed E-state index contributed by atoms with van der Waals surface area (Å²) in [6, 6.07) is 13.7. The molecule has 0 unspecified atom stereocenters. The molecule has 2 aromatic carbocycles. The minimum atomic E-state index is -0.410. The second-order valence-electron chi connectivity index (χ2n) is 5.58. The number of anilines is 1. The lowest BCUT2D eigenvalue weighted by Crippen LogP contribution is -2.15. The number of hydrogen-bond donors (Lipinski definition) is 1. The van der Waals surface area contributed by atoms with E-state index in [0.29, 0.717) is 22.4 Å². The summed E-state index contributed by atoms with van der Waals surface area (Å²) in [5, 5.41) is 2.75. The molecule has 1 N–H and O–H groups in total. The van der Waals surface area contributed by atoms with E-state index in [2.05, 4.69) is 10.3 Å². The molecule has 25 heavy (non-hydrogen) atoms. The lowest BCUT2D eigenvalue weighted by molar-refractivity contribution is 0.102. The Balaban J connectivity index is 1.94. The number of ketones is 1. The molecular weight excluding hydrogens is 319 g/mol. The van der Waals surface area contributed by atoms with Gasteiger partial charge in [-0.1, -0.05) is 11.6 Å². The van der Waals surface area contributed by atoms with Gasteiger partial charge in [0, 0.05) is 29.1 Å². The van der Waals surface area contributed by atoms with Crippen LogP contribution in [0.15, 0.2) is 67.0 Å². The molecule has 0 fully saturated rings. The highest BCUT2D eigenvalue weighted by atomic mass is 19.1. The molecule has 0 saturated heterocycles. The maximum atomic E-state index is 13.1. The van der Waals surface area contributed by atoms with E-state index in [0.717, 1.165) is 5.56 Å². The monoisotopic (exact) mass is 334 g/mol. The normalized spacial score (nSPS) is 10.3. The van der Waals surface area contributed by atoms with Crippen LogP contribution in [0, 0.1) is 12.7 Å². The average Bonchev–Trinajstić information content (AvgIpc) is 2.64. The van der Waals surface area contributed by atoms with Gasteiger partial charge in [0.05, 0.1) is 5.69 Å². The summed E-state index contributed by atoms with van der Waals surface area (Å²) < 4.78 is 13.1. The van der Waals surface area contributed by atoms with E-state index in [4.69, 9.17) is 0 Å². The molecule has 0 aliphatic rings. The Bertz CT molecular complexity index is 922. The van der Waals surface area contributed by atoms with Crippen molar-refractivity contribution in [2.45, 2.75) is 6.92 Å². The number of pyridine rings is 1. The summed E-state index contributed by atoms with van der Waals surface area (Å²) in [4.78, 5) is 29.0. The molecule has 1 amide bonds. The molecule has 0 bridgehead atoms. The third-order valence-electron chi connectivity index (χ3n) is 3.72. The Morgan fingerprint density at radius 3 is 2.28 bits per heavy atom. The number of halogens is 1. The molecule has 0 aliphatic carbocycles. The van der Waals surface area contributed by atoms with Gasteiger partial charge < -0.3 is 5.32 Å². The third-order valence-corrected chi connectivity index (χ3v) is 3.72. The van der Waals surface area contributed by atoms with Gasteiger partial charge in [0.1, 0.15) is 5.82 Å². The van der Waals surface area contributed by atoms with Crippen LogP contribution in [-0.4, -0.2) is 16.7 Å². The van der Waals surface area contributed by atoms with E-state index in [1.54, 1.807) is 24.3 Å². The van der Waals surface area contributed by atoms with Crippen LogP contribution < -0.4 is 5.32 Å². The fourth-order valence-electron chi connectivity index (χ4n) is 2.41. The van der Waals surface area contributed by atoms with Crippen molar-refractivity contribution in [2.24, 2.45) is 0 Å². The average molecular weight is 334 g/mol. The first kappa shape index (κ1) is 16.5. The van der Waals surface area contributed by atoms with E-state index < -0.39 is 5.82 Å². The molecular formula is C20H15FN2O2. The van der Waals surface area contributed by atoms with Gasteiger partial charge in [-0.05, 0) is 55.5 Å². The number of nitrogens with zero attached hydrogens (tertiary/aromatic N) is 1. The maximum Gasteiger partial charge on any atom is 0.255 e. The number of aryl methyl sites for hydroxylation is 1. The van der Waals surface area contributed by atoms with E-state index in [-0.39, 0.29) is 11.7 Å². The standard InChI is InChI=1S/C20H15FN2O2/c1-13-2-7-18(23-20(25)15-8-10-22-11-9-15)17(12-13)19(24)14-3-5-16(21)6-4-14/h2-12H,1H3,(H,23,25). The second kappa shape index (κ2) is 7.05. The highest BCUT2D eigenvalue weighted by Gasteiger charge is 2.16. The maximum absolute atomic E-state index is 13.1. The van der Waals surface area contributed by atoms with Crippen LogP contribution in [0.1, 0.15) is 31.8 Å². The number of carbonyl (C=O) groups excluding carboxylic acids is 2. The summed E-state index contributed by atoms with van der Waals surface area (Å²) in [5.41, 5.74) is 2.44. The van der Waals surface area contributed by atoms with Crippen molar-refractivity contribution in [3.63, 3.8) is 0 Å². The van der Waals surface area contributed by atoms with E-state index in [1.165, 1.54) is 36.7 Å². The number of aromatic nitrogens is 1. The Hall–Kier alpha value is -3.34. The van der Waals surface area contributed by atoms with Gasteiger partial charge in [0.25, 0.3) is 5.91 Å². The minimum Gasteiger partial charge on any atom is -0.321 e. The molecule has 3 rings (SSSR count). The molecule has 0 spiro atoms. The Morgan fingerprint density at radius 2 is 1.60 bits per heavy atom. The van der Waals surface area contributed by atoms with Gasteiger partial charge in [-0.3, -0.25) is 14.6 Å². The van der Waals surface area contributed by atoms with Crippen molar-refractivity contribution in [3.8, 4) is 0 Å². The fraction of sp³-hybridized carbons (Fsp3) is 0.0500. The summed E-state index contributed by atoms with van der Waals surface area (Å²) in [5.74, 6) is -1.03. The lowest BCUT2D eigenvalue weighted by Gasteiger charge is -2.12. The van der Waals surface area contributed by atoms with Gasteiger partial charge in [0.2, 0.25) is 0 Å².